The summed E-state index contributed by atoms with van der Waals surface area (Å²) in [7, 11) is 0. The fourth-order valence-corrected chi connectivity index (χ4v) is 4.09. The molecule has 0 saturated carbocycles. The van der Waals surface area contributed by atoms with Crippen molar-refractivity contribution in [3.05, 3.63) is 55.1 Å². The molecule has 0 fully saturated rings. The van der Waals surface area contributed by atoms with Gasteiger partial charge in [-0.05, 0) is 30.6 Å². The molecular formula is C23H18N6O. The molecule has 1 amide bonds. The molecule has 0 aliphatic carbocycles. The van der Waals surface area contributed by atoms with Gasteiger partial charge in [-0.1, -0.05) is 30.7 Å². The quantitative estimate of drug-likeness (QED) is 0.510. The molecule has 1 aliphatic rings. The molecule has 1 unspecified atom stereocenters. The number of nitrogen functional groups attached to an aromatic ring is 1. The zero-order valence-corrected chi connectivity index (χ0v) is 16.3. The van der Waals surface area contributed by atoms with E-state index in [1.165, 1.54) is 6.33 Å². The van der Waals surface area contributed by atoms with Gasteiger partial charge in [0.2, 0.25) is 0 Å². The lowest BCUT2D eigenvalue weighted by Gasteiger charge is -2.13. The molecule has 1 aliphatic heterocycles. The molecule has 0 radical (unpaired) electrons. The Bertz CT molecular complexity index is 1420. The predicted molar refractivity (Wildman–Crippen MR) is 117 cm³/mol. The van der Waals surface area contributed by atoms with Gasteiger partial charge < -0.3 is 15.6 Å². The van der Waals surface area contributed by atoms with Crippen molar-refractivity contribution in [2.45, 2.75) is 19.5 Å². The van der Waals surface area contributed by atoms with Crippen molar-refractivity contribution in [2.24, 2.45) is 0 Å². The van der Waals surface area contributed by atoms with Crippen LogP contribution in [0.25, 0.3) is 38.6 Å². The summed E-state index contributed by atoms with van der Waals surface area (Å²) in [4.78, 5) is 25.3. The van der Waals surface area contributed by atoms with Crippen LogP contribution in [0.5, 0.6) is 0 Å². The molecule has 1 atom stereocenters. The number of hydrogen-bond donors (Lipinski definition) is 2. The van der Waals surface area contributed by atoms with Crippen LogP contribution in [0.2, 0.25) is 0 Å². The van der Waals surface area contributed by atoms with E-state index in [1.54, 1.807) is 6.92 Å². The number of benzene rings is 1. The van der Waals surface area contributed by atoms with Gasteiger partial charge in [-0.3, -0.25) is 9.78 Å². The van der Waals surface area contributed by atoms with Crippen molar-refractivity contribution in [2.75, 3.05) is 5.73 Å². The minimum atomic E-state index is -0.332. The SMILES string of the molecule is C=C1c2c(-c3cnc4ccccc4c3)c3c(N)ncnc3n2CC1NC(=O)C#CC. The highest BCUT2D eigenvalue weighted by Gasteiger charge is 2.34. The Morgan fingerprint density at radius 3 is 2.97 bits per heavy atom. The highest BCUT2D eigenvalue weighted by Crippen LogP contribution is 2.43. The second-order valence-corrected chi connectivity index (χ2v) is 7.13. The molecule has 0 bridgehead atoms. The van der Waals surface area contributed by atoms with Gasteiger partial charge in [-0.15, -0.1) is 0 Å². The Labute approximate surface area is 172 Å². The van der Waals surface area contributed by atoms with Gasteiger partial charge in [-0.2, -0.15) is 0 Å². The average Bonchev–Trinajstić information content (AvgIpc) is 3.23. The summed E-state index contributed by atoms with van der Waals surface area (Å²) in [6, 6.07) is 9.73. The van der Waals surface area contributed by atoms with Crippen molar-refractivity contribution in [1.82, 2.24) is 24.8 Å². The summed E-state index contributed by atoms with van der Waals surface area (Å²) < 4.78 is 2.03. The summed E-state index contributed by atoms with van der Waals surface area (Å²) in [5.74, 6) is 5.20. The number of pyridine rings is 1. The molecule has 1 aromatic carbocycles. The third kappa shape index (κ3) is 2.62. The van der Waals surface area contributed by atoms with E-state index in [0.29, 0.717) is 18.0 Å². The fraction of sp³-hybridized carbons (Fsp3) is 0.130. The van der Waals surface area contributed by atoms with E-state index in [-0.39, 0.29) is 11.9 Å². The monoisotopic (exact) mass is 394 g/mol. The normalized spacial score (nSPS) is 15.1. The van der Waals surface area contributed by atoms with E-state index < -0.39 is 0 Å². The average molecular weight is 394 g/mol. The van der Waals surface area contributed by atoms with E-state index in [0.717, 1.165) is 38.7 Å². The lowest BCUT2D eigenvalue weighted by molar-refractivity contribution is -0.116. The Kier molecular flexibility index (Phi) is 4.00. The standard InChI is InChI=1S/C23H18N6O/c1-3-6-18(30)28-17-11-29-21(13(17)2)19(20-22(24)26-12-27-23(20)29)15-9-14-7-4-5-8-16(14)25-10-15/h4-5,7-10,12,17H,2,11H2,1H3,(H,28,30)(H2,24,26,27). The zero-order valence-electron chi connectivity index (χ0n) is 16.3. The first-order valence-corrected chi connectivity index (χ1v) is 9.48. The van der Waals surface area contributed by atoms with Gasteiger partial charge in [0, 0.05) is 29.3 Å². The first-order valence-electron chi connectivity index (χ1n) is 9.48. The summed E-state index contributed by atoms with van der Waals surface area (Å²) in [6.07, 6.45) is 3.27. The largest absolute Gasteiger partial charge is 0.383 e. The highest BCUT2D eigenvalue weighted by molar-refractivity contribution is 6.08. The van der Waals surface area contributed by atoms with Gasteiger partial charge in [0.25, 0.3) is 5.91 Å². The zero-order chi connectivity index (χ0) is 20.8. The Balaban J connectivity index is 1.73. The lowest BCUT2D eigenvalue weighted by Crippen LogP contribution is -2.34. The molecule has 146 valence electrons. The molecule has 0 saturated heterocycles. The maximum atomic E-state index is 12.0. The lowest BCUT2D eigenvalue weighted by atomic mass is 9.98. The number of nitrogens with two attached hydrogens (primary N) is 1. The van der Waals surface area contributed by atoms with E-state index in [2.05, 4.69) is 44.8 Å². The van der Waals surface area contributed by atoms with E-state index in [9.17, 15) is 4.79 Å². The number of para-hydroxylation sites is 1. The van der Waals surface area contributed by atoms with Crippen LogP contribution in [0.1, 0.15) is 12.6 Å². The van der Waals surface area contributed by atoms with Crippen LogP contribution in [0.3, 0.4) is 0 Å². The number of fused-ring (bicyclic) bond motifs is 4. The molecular weight excluding hydrogens is 376 g/mol. The predicted octanol–water partition coefficient (Wildman–Crippen LogP) is 2.76. The van der Waals surface area contributed by atoms with Gasteiger partial charge >= 0.3 is 0 Å². The van der Waals surface area contributed by atoms with Crippen LogP contribution < -0.4 is 11.1 Å². The topological polar surface area (TPSA) is 98.7 Å². The molecule has 30 heavy (non-hydrogen) atoms. The van der Waals surface area contributed by atoms with Crippen molar-refractivity contribution in [1.29, 1.82) is 0 Å². The van der Waals surface area contributed by atoms with Gasteiger partial charge in [-0.25, -0.2) is 9.97 Å². The minimum Gasteiger partial charge on any atom is -0.383 e. The molecule has 3 aromatic heterocycles. The summed E-state index contributed by atoms with van der Waals surface area (Å²) in [5.41, 5.74) is 11.3. The highest BCUT2D eigenvalue weighted by atomic mass is 16.1. The number of carbonyl (C=O) groups is 1. The Morgan fingerprint density at radius 1 is 1.30 bits per heavy atom. The number of amides is 1. The molecule has 5 rings (SSSR count). The number of rotatable bonds is 2. The van der Waals surface area contributed by atoms with Gasteiger partial charge in [0.05, 0.1) is 22.6 Å². The number of nitrogens with zero attached hydrogens (tertiary/aromatic N) is 4. The molecule has 4 aromatic rings. The number of aromatic nitrogens is 4. The second kappa shape index (κ2) is 6.71. The number of hydrogen-bond acceptors (Lipinski definition) is 5. The van der Waals surface area contributed by atoms with Crippen molar-refractivity contribution < 1.29 is 4.79 Å². The fourth-order valence-electron chi connectivity index (χ4n) is 4.09. The van der Waals surface area contributed by atoms with Crippen molar-refractivity contribution in [3.63, 3.8) is 0 Å². The van der Waals surface area contributed by atoms with Crippen LogP contribution in [0.15, 0.2) is 49.4 Å². The van der Waals surface area contributed by atoms with E-state index in [1.807, 2.05) is 35.0 Å². The molecule has 7 nitrogen and oxygen atoms in total. The maximum absolute atomic E-state index is 12.0. The third-order valence-electron chi connectivity index (χ3n) is 5.38. The van der Waals surface area contributed by atoms with Crippen LogP contribution >= 0.6 is 0 Å². The molecule has 3 N–H and O–H groups in total. The third-order valence-corrected chi connectivity index (χ3v) is 5.38. The number of anilines is 1. The summed E-state index contributed by atoms with van der Waals surface area (Å²) in [5, 5.41) is 4.71. The van der Waals surface area contributed by atoms with E-state index in [4.69, 9.17) is 5.73 Å². The van der Waals surface area contributed by atoms with Crippen LogP contribution in [-0.4, -0.2) is 31.5 Å². The first-order chi connectivity index (χ1) is 14.6. The number of carbonyl (C=O) groups excluding carboxylic acids is 1. The summed E-state index contributed by atoms with van der Waals surface area (Å²) in [6.45, 7) is 6.40. The Morgan fingerprint density at radius 2 is 2.13 bits per heavy atom. The van der Waals surface area contributed by atoms with Crippen LogP contribution in [-0.2, 0) is 11.3 Å². The van der Waals surface area contributed by atoms with Crippen molar-refractivity contribution in [3.8, 4) is 23.0 Å². The molecule has 7 heteroatoms. The van der Waals surface area contributed by atoms with Gasteiger partial charge in [0.15, 0.2) is 0 Å². The van der Waals surface area contributed by atoms with Crippen LogP contribution in [0, 0.1) is 11.8 Å². The van der Waals surface area contributed by atoms with E-state index >= 15 is 0 Å². The van der Waals surface area contributed by atoms with Crippen LogP contribution in [0.4, 0.5) is 5.82 Å². The van der Waals surface area contributed by atoms with Crippen molar-refractivity contribution >= 4 is 39.2 Å². The first kappa shape index (κ1) is 17.9. The maximum Gasteiger partial charge on any atom is 0.296 e. The molecule has 4 heterocycles. The summed E-state index contributed by atoms with van der Waals surface area (Å²) >= 11 is 0. The number of nitrogens with one attached hydrogen (secondary N) is 1. The smallest absolute Gasteiger partial charge is 0.296 e. The Hall–Kier alpha value is -4.18. The minimum absolute atomic E-state index is 0.277. The van der Waals surface area contributed by atoms with Gasteiger partial charge in [0.1, 0.15) is 17.8 Å². The second-order valence-electron chi connectivity index (χ2n) is 7.13. The molecule has 0 spiro atoms.